The van der Waals surface area contributed by atoms with E-state index in [1.807, 2.05) is 25.1 Å². The minimum absolute atomic E-state index is 0.503. The van der Waals surface area contributed by atoms with Gasteiger partial charge in [0.2, 0.25) is 0 Å². The molecule has 1 unspecified atom stereocenters. The lowest BCUT2D eigenvalue weighted by atomic mass is 9.99. The second-order valence-corrected chi connectivity index (χ2v) is 4.93. The maximum Gasteiger partial charge on any atom is 0.122 e. The van der Waals surface area contributed by atoms with Crippen molar-refractivity contribution in [2.24, 2.45) is 0 Å². The van der Waals surface area contributed by atoms with Gasteiger partial charge in [0.05, 0.1) is 13.2 Å². The van der Waals surface area contributed by atoms with Crippen LogP contribution in [0.25, 0.3) is 0 Å². The van der Waals surface area contributed by atoms with Crippen molar-refractivity contribution in [2.45, 2.75) is 26.4 Å². The Bertz CT molecular complexity index is 544. The Morgan fingerprint density at radius 1 is 1.05 bits per heavy atom. The predicted octanol–water partition coefficient (Wildman–Crippen LogP) is 3.59. The van der Waals surface area contributed by atoms with Gasteiger partial charge in [0.1, 0.15) is 5.75 Å². The summed E-state index contributed by atoms with van der Waals surface area (Å²) in [5, 5.41) is 10.3. The molecule has 0 bridgehead atoms. The van der Waals surface area contributed by atoms with E-state index in [9.17, 15) is 5.11 Å². The lowest BCUT2D eigenvalue weighted by molar-refractivity contribution is 0.178. The van der Waals surface area contributed by atoms with Gasteiger partial charge >= 0.3 is 0 Å². The summed E-state index contributed by atoms with van der Waals surface area (Å²) in [6.07, 6.45) is 0.115. The summed E-state index contributed by atoms with van der Waals surface area (Å²) in [6.45, 7) is 4.06. The fourth-order valence-corrected chi connectivity index (χ4v) is 2.11. The molecule has 1 atom stereocenters. The van der Waals surface area contributed by atoms with E-state index in [1.54, 1.807) is 7.11 Å². The first-order valence-corrected chi connectivity index (χ1v) is 6.48. The molecule has 0 aliphatic rings. The lowest BCUT2D eigenvalue weighted by Gasteiger charge is -2.14. The zero-order chi connectivity index (χ0) is 13.8. The van der Waals surface area contributed by atoms with Crippen molar-refractivity contribution in [2.75, 3.05) is 7.11 Å². The van der Waals surface area contributed by atoms with Gasteiger partial charge in [0.25, 0.3) is 0 Å². The van der Waals surface area contributed by atoms with Gasteiger partial charge in [0, 0.05) is 6.42 Å². The molecule has 0 saturated heterocycles. The average Bonchev–Trinajstić information content (AvgIpc) is 2.42. The SMILES string of the molecule is COc1cc(C(O)Cc2ccc(C)cc2)ccc1C. The molecule has 0 aliphatic heterocycles. The zero-order valence-electron chi connectivity index (χ0n) is 11.7. The molecule has 2 nitrogen and oxygen atoms in total. The molecule has 2 heteroatoms. The van der Waals surface area contributed by atoms with Gasteiger partial charge in [-0.25, -0.2) is 0 Å². The molecule has 0 spiro atoms. The van der Waals surface area contributed by atoms with E-state index in [0.29, 0.717) is 6.42 Å². The first-order chi connectivity index (χ1) is 9.10. The molecule has 2 aromatic carbocycles. The Hall–Kier alpha value is -1.80. The van der Waals surface area contributed by atoms with Gasteiger partial charge < -0.3 is 9.84 Å². The van der Waals surface area contributed by atoms with Crippen LogP contribution in [0, 0.1) is 13.8 Å². The van der Waals surface area contributed by atoms with Crippen LogP contribution < -0.4 is 4.74 Å². The molecule has 0 radical (unpaired) electrons. The van der Waals surface area contributed by atoms with Gasteiger partial charge in [-0.15, -0.1) is 0 Å². The highest BCUT2D eigenvalue weighted by Gasteiger charge is 2.10. The molecule has 0 amide bonds. The number of aliphatic hydroxyl groups is 1. The molecule has 0 heterocycles. The van der Waals surface area contributed by atoms with E-state index in [0.717, 1.165) is 22.4 Å². The van der Waals surface area contributed by atoms with Gasteiger partial charge in [-0.2, -0.15) is 0 Å². The van der Waals surface area contributed by atoms with Crippen molar-refractivity contribution >= 4 is 0 Å². The van der Waals surface area contributed by atoms with Crippen molar-refractivity contribution in [3.05, 3.63) is 64.7 Å². The second-order valence-electron chi connectivity index (χ2n) is 4.93. The van der Waals surface area contributed by atoms with Gasteiger partial charge in [-0.3, -0.25) is 0 Å². The summed E-state index contributed by atoms with van der Waals surface area (Å²) >= 11 is 0. The average molecular weight is 256 g/mol. The number of aryl methyl sites for hydroxylation is 2. The Balaban J connectivity index is 2.15. The van der Waals surface area contributed by atoms with Gasteiger partial charge in [0.15, 0.2) is 0 Å². The molecule has 2 rings (SSSR count). The molecule has 0 aliphatic carbocycles. The first-order valence-electron chi connectivity index (χ1n) is 6.48. The van der Waals surface area contributed by atoms with Crippen LogP contribution in [0.4, 0.5) is 0 Å². The van der Waals surface area contributed by atoms with E-state index in [-0.39, 0.29) is 0 Å². The predicted molar refractivity (Wildman–Crippen MR) is 77.6 cm³/mol. The van der Waals surface area contributed by atoms with Crippen molar-refractivity contribution in [1.82, 2.24) is 0 Å². The quantitative estimate of drug-likeness (QED) is 0.906. The van der Waals surface area contributed by atoms with Crippen LogP contribution in [0.5, 0.6) is 5.75 Å². The lowest BCUT2D eigenvalue weighted by Crippen LogP contribution is -2.02. The van der Waals surface area contributed by atoms with Gasteiger partial charge in [-0.05, 0) is 36.6 Å². The van der Waals surface area contributed by atoms with E-state index < -0.39 is 6.10 Å². The highest BCUT2D eigenvalue weighted by Crippen LogP contribution is 2.25. The van der Waals surface area contributed by atoms with E-state index >= 15 is 0 Å². The highest BCUT2D eigenvalue weighted by molar-refractivity contribution is 5.38. The number of hydrogen-bond donors (Lipinski definition) is 1. The van der Waals surface area contributed by atoms with Crippen LogP contribution in [0.2, 0.25) is 0 Å². The Morgan fingerprint density at radius 2 is 1.74 bits per heavy atom. The fraction of sp³-hybridized carbons (Fsp3) is 0.294. The first kappa shape index (κ1) is 13.6. The summed E-state index contributed by atoms with van der Waals surface area (Å²) in [5.41, 5.74) is 4.34. The Labute approximate surface area is 114 Å². The molecule has 1 N–H and O–H groups in total. The summed E-state index contributed by atoms with van der Waals surface area (Å²) < 4.78 is 5.29. The van der Waals surface area contributed by atoms with Gasteiger partial charge in [-0.1, -0.05) is 42.0 Å². The Kier molecular flexibility index (Phi) is 4.23. The van der Waals surface area contributed by atoms with Crippen molar-refractivity contribution < 1.29 is 9.84 Å². The fourth-order valence-electron chi connectivity index (χ4n) is 2.11. The van der Waals surface area contributed by atoms with Crippen LogP contribution in [-0.2, 0) is 6.42 Å². The van der Waals surface area contributed by atoms with Crippen LogP contribution in [0.3, 0.4) is 0 Å². The Morgan fingerprint density at radius 3 is 2.37 bits per heavy atom. The molecule has 0 fully saturated rings. The van der Waals surface area contributed by atoms with Crippen molar-refractivity contribution in [3.63, 3.8) is 0 Å². The normalized spacial score (nSPS) is 12.2. The molecule has 2 aromatic rings. The van der Waals surface area contributed by atoms with E-state index in [4.69, 9.17) is 4.74 Å². The minimum atomic E-state index is -0.503. The van der Waals surface area contributed by atoms with Crippen LogP contribution >= 0.6 is 0 Å². The maximum absolute atomic E-state index is 10.3. The standard InChI is InChI=1S/C17H20O2/c1-12-4-7-14(8-5-12)10-16(18)15-9-6-13(2)17(11-15)19-3/h4-9,11,16,18H,10H2,1-3H3. The van der Waals surface area contributed by atoms with E-state index in [1.165, 1.54) is 5.56 Å². The van der Waals surface area contributed by atoms with Crippen molar-refractivity contribution in [1.29, 1.82) is 0 Å². The number of aliphatic hydroxyl groups excluding tert-OH is 1. The maximum atomic E-state index is 10.3. The monoisotopic (exact) mass is 256 g/mol. The smallest absolute Gasteiger partial charge is 0.122 e. The third kappa shape index (κ3) is 3.36. The zero-order valence-corrected chi connectivity index (χ0v) is 11.7. The highest BCUT2D eigenvalue weighted by atomic mass is 16.5. The number of methoxy groups -OCH3 is 1. The summed E-state index contributed by atoms with van der Waals surface area (Å²) in [4.78, 5) is 0. The molecule has 0 aromatic heterocycles. The summed E-state index contributed by atoms with van der Waals surface area (Å²) in [6, 6.07) is 14.1. The largest absolute Gasteiger partial charge is 0.496 e. The number of ether oxygens (including phenoxy) is 1. The minimum Gasteiger partial charge on any atom is -0.496 e. The van der Waals surface area contributed by atoms with Crippen LogP contribution in [0.1, 0.15) is 28.4 Å². The summed E-state index contributed by atoms with van der Waals surface area (Å²) in [5.74, 6) is 0.820. The molecule has 0 saturated carbocycles. The number of benzene rings is 2. The molecule has 100 valence electrons. The summed E-state index contributed by atoms with van der Waals surface area (Å²) in [7, 11) is 1.65. The molecular weight excluding hydrogens is 236 g/mol. The van der Waals surface area contributed by atoms with E-state index in [2.05, 4.69) is 31.2 Å². The number of rotatable bonds is 4. The third-order valence-corrected chi connectivity index (χ3v) is 3.37. The second kappa shape index (κ2) is 5.89. The third-order valence-electron chi connectivity index (χ3n) is 3.37. The molecular formula is C17H20O2. The van der Waals surface area contributed by atoms with Crippen LogP contribution in [-0.4, -0.2) is 12.2 Å². The number of hydrogen-bond acceptors (Lipinski definition) is 2. The topological polar surface area (TPSA) is 29.5 Å². The molecule has 19 heavy (non-hydrogen) atoms. The van der Waals surface area contributed by atoms with Crippen molar-refractivity contribution in [3.8, 4) is 5.75 Å². The van der Waals surface area contributed by atoms with Crippen LogP contribution in [0.15, 0.2) is 42.5 Å².